The Kier molecular flexibility index (Phi) is 7.64. The number of allylic oxidation sites excluding steroid dienone is 1. The second kappa shape index (κ2) is 9.37. The minimum Gasteiger partial charge on any atom is -0.356 e. The summed E-state index contributed by atoms with van der Waals surface area (Å²) in [5, 5.41) is 2.94. The van der Waals surface area contributed by atoms with Gasteiger partial charge in [0, 0.05) is 13.0 Å². The van der Waals surface area contributed by atoms with E-state index in [9.17, 15) is 4.79 Å². The monoisotopic (exact) mass is 259 g/mol. The van der Waals surface area contributed by atoms with E-state index in [1.54, 1.807) is 0 Å². The van der Waals surface area contributed by atoms with Crippen molar-refractivity contribution in [3.05, 3.63) is 42.0 Å². The maximum Gasteiger partial charge on any atom is 0.220 e. The topological polar surface area (TPSA) is 29.1 Å². The molecule has 0 bridgehead atoms. The fourth-order valence-corrected chi connectivity index (χ4v) is 1.74. The predicted octanol–water partition coefficient (Wildman–Crippen LogP) is 4.03. The highest BCUT2D eigenvalue weighted by atomic mass is 16.1. The maximum atomic E-state index is 11.5. The minimum atomic E-state index is 0.181. The van der Waals surface area contributed by atoms with Crippen molar-refractivity contribution in [2.75, 3.05) is 6.54 Å². The summed E-state index contributed by atoms with van der Waals surface area (Å²) in [4.78, 5) is 11.5. The summed E-state index contributed by atoms with van der Waals surface area (Å²) in [5.41, 5.74) is 1.23. The average Bonchev–Trinajstić information content (AvgIpc) is 2.41. The summed E-state index contributed by atoms with van der Waals surface area (Å²) < 4.78 is 0. The number of benzene rings is 1. The first kappa shape index (κ1) is 15.5. The summed E-state index contributed by atoms with van der Waals surface area (Å²) in [6.45, 7) is 5.00. The highest BCUT2D eigenvalue weighted by molar-refractivity contribution is 5.75. The van der Waals surface area contributed by atoms with E-state index in [-0.39, 0.29) is 5.91 Å². The van der Waals surface area contributed by atoms with Crippen LogP contribution in [0.15, 0.2) is 36.4 Å². The third-order valence-corrected chi connectivity index (χ3v) is 2.84. The zero-order valence-electron chi connectivity index (χ0n) is 12.1. The van der Waals surface area contributed by atoms with Gasteiger partial charge in [0.25, 0.3) is 0 Å². The Bertz CT molecular complexity index is 382. The van der Waals surface area contributed by atoms with Gasteiger partial charge in [0.05, 0.1) is 0 Å². The van der Waals surface area contributed by atoms with Crippen LogP contribution in [0.3, 0.4) is 0 Å². The van der Waals surface area contributed by atoms with E-state index in [1.807, 2.05) is 18.2 Å². The van der Waals surface area contributed by atoms with Crippen molar-refractivity contribution in [1.82, 2.24) is 5.32 Å². The number of carbonyl (C=O) groups is 1. The maximum absolute atomic E-state index is 11.5. The first-order chi connectivity index (χ1) is 9.18. The zero-order valence-corrected chi connectivity index (χ0v) is 12.1. The molecule has 0 fully saturated rings. The Morgan fingerprint density at radius 3 is 2.63 bits per heavy atom. The molecule has 0 aliphatic heterocycles. The van der Waals surface area contributed by atoms with Crippen LogP contribution in [0.1, 0.15) is 45.1 Å². The molecule has 0 aliphatic rings. The zero-order chi connectivity index (χ0) is 13.9. The van der Waals surface area contributed by atoms with Crippen LogP contribution in [0.25, 0.3) is 6.08 Å². The van der Waals surface area contributed by atoms with Crippen molar-refractivity contribution in [2.24, 2.45) is 5.92 Å². The van der Waals surface area contributed by atoms with E-state index in [0.29, 0.717) is 12.3 Å². The molecule has 2 heteroatoms. The fraction of sp³-hybridized carbons (Fsp3) is 0.471. The summed E-state index contributed by atoms with van der Waals surface area (Å²) in [6, 6.07) is 10.3. The molecule has 1 amide bonds. The first-order valence-electron chi connectivity index (χ1n) is 7.17. The van der Waals surface area contributed by atoms with E-state index in [2.05, 4.69) is 43.4 Å². The molecule has 0 atom stereocenters. The Morgan fingerprint density at radius 1 is 1.21 bits per heavy atom. The molecule has 1 aromatic rings. The van der Waals surface area contributed by atoms with Gasteiger partial charge in [-0.05, 0) is 30.7 Å². The van der Waals surface area contributed by atoms with E-state index in [1.165, 1.54) is 5.56 Å². The van der Waals surface area contributed by atoms with Gasteiger partial charge in [-0.15, -0.1) is 0 Å². The van der Waals surface area contributed by atoms with Crippen LogP contribution < -0.4 is 5.32 Å². The molecule has 0 heterocycles. The van der Waals surface area contributed by atoms with Crippen LogP contribution in [0.4, 0.5) is 0 Å². The molecular weight excluding hydrogens is 234 g/mol. The Balaban J connectivity index is 2.05. The van der Waals surface area contributed by atoms with Gasteiger partial charge >= 0.3 is 0 Å². The Morgan fingerprint density at radius 2 is 1.95 bits per heavy atom. The molecule has 0 spiro atoms. The molecule has 0 aliphatic carbocycles. The lowest BCUT2D eigenvalue weighted by Gasteiger charge is -2.06. The molecule has 0 radical (unpaired) electrons. The predicted molar refractivity (Wildman–Crippen MR) is 81.8 cm³/mol. The Labute approximate surface area is 116 Å². The number of unbranched alkanes of at least 4 members (excludes halogenated alkanes) is 2. The van der Waals surface area contributed by atoms with Crippen LogP contribution in [0, 0.1) is 5.92 Å². The number of hydrogen-bond donors (Lipinski definition) is 1. The lowest BCUT2D eigenvalue weighted by atomic mass is 10.1. The average molecular weight is 259 g/mol. The third kappa shape index (κ3) is 8.20. The normalized spacial score (nSPS) is 11.1. The second-order valence-corrected chi connectivity index (χ2v) is 5.26. The number of rotatable bonds is 8. The highest BCUT2D eigenvalue weighted by Crippen LogP contribution is 2.05. The minimum absolute atomic E-state index is 0.181. The molecule has 0 saturated carbocycles. The van der Waals surface area contributed by atoms with Crippen molar-refractivity contribution in [3.8, 4) is 0 Å². The van der Waals surface area contributed by atoms with Gasteiger partial charge in [-0.2, -0.15) is 0 Å². The largest absolute Gasteiger partial charge is 0.356 e. The molecule has 19 heavy (non-hydrogen) atoms. The lowest BCUT2D eigenvalue weighted by Crippen LogP contribution is -2.26. The quantitative estimate of drug-likeness (QED) is 0.702. The molecule has 0 aromatic heterocycles. The molecule has 2 nitrogen and oxygen atoms in total. The number of nitrogens with one attached hydrogen (secondary N) is 1. The standard InChI is InChI=1S/C17H25NO/c1-15(2)14-18-17(19)13-9-4-3-6-10-16-11-7-5-8-12-16/h5-8,10-12,15H,3-4,9,13-14H2,1-2H3,(H,18,19)/b10-6-. The number of amides is 1. The smallest absolute Gasteiger partial charge is 0.220 e. The van der Waals surface area contributed by atoms with Gasteiger partial charge < -0.3 is 5.32 Å². The molecule has 1 aromatic carbocycles. The molecule has 0 saturated heterocycles. The van der Waals surface area contributed by atoms with Gasteiger partial charge in [0.1, 0.15) is 0 Å². The number of hydrogen-bond acceptors (Lipinski definition) is 1. The molecule has 1 rings (SSSR count). The van der Waals surface area contributed by atoms with Gasteiger partial charge in [-0.3, -0.25) is 4.79 Å². The SMILES string of the molecule is CC(C)CNC(=O)CCCC/C=C\c1ccccc1. The van der Waals surface area contributed by atoms with E-state index in [0.717, 1.165) is 25.8 Å². The molecule has 0 unspecified atom stereocenters. The fourth-order valence-electron chi connectivity index (χ4n) is 1.74. The van der Waals surface area contributed by atoms with E-state index < -0.39 is 0 Å². The van der Waals surface area contributed by atoms with Crippen LogP contribution in [-0.2, 0) is 4.79 Å². The molecule has 1 N–H and O–H groups in total. The van der Waals surface area contributed by atoms with E-state index in [4.69, 9.17) is 0 Å². The van der Waals surface area contributed by atoms with Gasteiger partial charge in [-0.25, -0.2) is 0 Å². The molecule has 104 valence electrons. The van der Waals surface area contributed by atoms with Crippen molar-refractivity contribution in [2.45, 2.75) is 39.5 Å². The highest BCUT2D eigenvalue weighted by Gasteiger charge is 2.01. The van der Waals surface area contributed by atoms with Crippen LogP contribution in [-0.4, -0.2) is 12.5 Å². The number of carbonyl (C=O) groups excluding carboxylic acids is 1. The summed E-state index contributed by atoms with van der Waals surface area (Å²) in [5.74, 6) is 0.707. The van der Waals surface area contributed by atoms with Crippen molar-refractivity contribution < 1.29 is 4.79 Å². The third-order valence-electron chi connectivity index (χ3n) is 2.84. The summed E-state index contributed by atoms with van der Waals surface area (Å²) >= 11 is 0. The van der Waals surface area contributed by atoms with Gasteiger partial charge in [-0.1, -0.05) is 56.3 Å². The summed E-state index contributed by atoms with van der Waals surface area (Å²) in [6.07, 6.45) is 8.03. The first-order valence-corrected chi connectivity index (χ1v) is 7.17. The van der Waals surface area contributed by atoms with Gasteiger partial charge in [0.2, 0.25) is 5.91 Å². The van der Waals surface area contributed by atoms with Crippen molar-refractivity contribution >= 4 is 12.0 Å². The van der Waals surface area contributed by atoms with Crippen molar-refractivity contribution in [3.63, 3.8) is 0 Å². The van der Waals surface area contributed by atoms with Crippen molar-refractivity contribution in [1.29, 1.82) is 0 Å². The van der Waals surface area contributed by atoms with Crippen LogP contribution in [0.2, 0.25) is 0 Å². The molecular formula is C17H25NO. The lowest BCUT2D eigenvalue weighted by molar-refractivity contribution is -0.121. The summed E-state index contributed by atoms with van der Waals surface area (Å²) in [7, 11) is 0. The Hall–Kier alpha value is -1.57. The van der Waals surface area contributed by atoms with Gasteiger partial charge in [0.15, 0.2) is 0 Å². The second-order valence-electron chi connectivity index (χ2n) is 5.26. The van der Waals surface area contributed by atoms with Crippen LogP contribution >= 0.6 is 0 Å². The van der Waals surface area contributed by atoms with Crippen LogP contribution in [0.5, 0.6) is 0 Å². The van der Waals surface area contributed by atoms with E-state index >= 15 is 0 Å².